The van der Waals surface area contributed by atoms with Crippen LogP contribution in [0, 0.1) is 20.8 Å². The molecule has 36 heavy (non-hydrogen) atoms. The summed E-state index contributed by atoms with van der Waals surface area (Å²) in [5.74, 6) is 0.794. The average molecular weight is 474 g/mol. The number of aromatic nitrogens is 5. The summed E-state index contributed by atoms with van der Waals surface area (Å²) in [5.41, 5.74) is 8.68. The normalized spacial score (nSPS) is 11.0. The lowest BCUT2D eigenvalue weighted by molar-refractivity contribution is 0.0993. The molecule has 6 nitrogen and oxygen atoms in total. The first-order valence-corrected chi connectivity index (χ1v) is 11.9. The van der Waals surface area contributed by atoms with E-state index in [4.69, 9.17) is 4.98 Å². The molecule has 3 aromatic heterocycles. The van der Waals surface area contributed by atoms with Gasteiger partial charge in [-0.15, -0.1) is 0 Å². The molecule has 0 aliphatic rings. The molecule has 0 aliphatic heterocycles. The molecule has 3 heterocycles. The fraction of sp³-hybridized carbons (Fsp3) is 0.167. The van der Waals surface area contributed by atoms with Crippen molar-refractivity contribution in [2.24, 2.45) is 0 Å². The van der Waals surface area contributed by atoms with Gasteiger partial charge in [-0.3, -0.25) is 9.78 Å². The number of ketones is 1. The van der Waals surface area contributed by atoms with Crippen LogP contribution in [0.4, 0.5) is 0 Å². The number of rotatable bonds is 7. The smallest absolute Gasteiger partial charge is 0.167 e. The van der Waals surface area contributed by atoms with E-state index in [0.29, 0.717) is 24.2 Å². The topological polar surface area (TPSA) is 73.6 Å². The lowest BCUT2D eigenvalue weighted by atomic mass is 9.96. The standard InChI is InChI=1S/C30H27N5O/c1-20-11-23(13-27(12-20)35-18-22(3)33-19-35)14-29(36)24-7-6-21(2)26(15-24)16-30-32-10-8-28(34-30)25-5-4-9-31-17-25/h4-13,15,17-19H,14,16H2,1-3H3. The van der Waals surface area contributed by atoms with Crippen molar-refractivity contribution in [2.75, 3.05) is 0 Å². The Kier molecular flexibility index (Phi) is 6.50. The van der Waals surface area contributed by atoms with Gasteiger partial charge in [-0.25, -0.2) is 15.0 Å². The number of Topliss-reactive ketones (excluding diaryl/α,β-unsaturated/α-hetero) is 1. The van der Waals surface area contributed by atoms with Crippen molar-refractivity contribution in [3.05, 3.63) is 125 Å². The molecule has 178 valence electrons. The highest BCUT2D eigenvalue weighted by atomic mass is 16.1. The van der Waals surface area contributed by atoms with Crippen molar-refractivity contribution < 1.29 is 4.79 Å². The third kappa shape index (κ3) is 5.28. The number of aryl methyl sites for hydroxylation is 3. The van der Waals surface area contributed by atoms with E-state index >= 15 is 0 Å². The van der Waals surface area contributed by atoms with E-state index < -0.39 is 0 Å². The van der Waals surface area contributed by atoms with Gasteiger partial charge in [-0.2, -0.15) is 0 Å². The molecule has 0 radical (unpaired) electrons. The monoisotopic (exact) mass is 473 g/mol. The minimum absolute atomic E-state index is 0.0830. The molecule has 0 spiro atoms. The van der Waals surface area contributed by atoms with Gasteiger partial charge in [0.2, 0.25) is 0 Å². The van der Waals surface area contributed by atoms with Crippen LogP contribution in [0.25, 0.3) is 16.9 Å². The molecule has 0 amide bonds. The van der Waals surface area contributed by atoms with Crippen LogP contribution >= 0.6 is 0 Å². The number of carbonyl (C=O) groups excluding carboxylic acids is 1. The fourth-order valence-corrected chi connectivity index (χ4v) is 4.31. The summed E-state index contributed by atoms with van der Waals surface area (Å²) in [6.07, 6.45) is 9.97. The quantitative estimate of drug-likeness (QED) is 0.285. The third-order valence-electron chi connectivity index (χ3n) is 6.18. The van der Waals surface area contributed by atoms with Gasteiger partial charge < -0.3 is 4.57 Å². The fourth-order valence-electron chi connectivity index (χ4n) is 4.31. The lowest BCUT2D eigenvalue weighted by Gasteiger charge is -2.11. The molecule has 0 fully saturated rings. The second kappa shape index (κ2) is 10.0. The van der Waals surface area contributed by atoms with Gasteiger partial charge in [-0.05, 0) is 79.4 Å². The Morgan fingerprint density at radius 1 is 0.944 bits per heavy atom. The van der Waals surface area contributed by atoms with Crippen LogP contribution in [0.3, 0.4) is 0 Å². The van der Waals surface area contributed by atoms with Crippen molar-refractivity contribution >= 4 is 5.78 Å². The van der Waals surface area contributed by atoms with E-state index in [2.05, 4.69) is 40.1 Å². The first-order chi connectivity index (χ1) is 17.4. The van der Waals surface area contributed by atoms with Gasteiger partial charge in [-0.1, -0.05) is 18.2 Å². The molecule has 5 aromatic rings. The summed E-state index contributed by atoms with van der Waals surface area (Å²) in [6, 6.07) is 17.9. The van der Waals surface area contributed by atoms with E-state index in [1.807, 2.05) is 61.0 Å². The maximum absolute atomic E-state index is 13.3. The van der Waals surface area contributed by atoms with Gasteiger partial charge in [0.15, 0.2) is 5.78 Å². The van der Waals surface area contributed by atoms with Crippen LogP contribution in [0.5, 0.6) is 0 Å². The van der Waals surface area contributed by atoms with Crippen LogP contribution in [0.1, 0.15) is 44.1 Å². The Morgan fingerprint density at radius 3 is 2.61 bits per heavy atom. The molecule has 0 saturated heterocycles. The van der Waals surface area contributed by atoms with Crippen molar-refractivity contribution in [3.8, 4) is 16.9 Å². The summed E-state index contributed by atoms with van der Waals surface area (Å²) in [6.45, 7) is 6.06. The van der Waals surface area contributed by atoms with E-state index in [-0.39, 0.29) is 5.78 Å². The highest BCUT2D eigenvalue weighted by Gasteiger charge is 2.13. The zero-order valence-electron chi connectivity index (χ0n) is 20.6. The van der Waals surface area contributed by atoms with Crippen molar-refractivity contribution in [1.29, 1.82) is 0 Å². The molecule has 5 rings (SSSR count). The summed E-state index contributed by atoms with van der Waals surface area (Å²) >= 11 is 0. The molecule has 0 saturated carbocycles. The largest absolute Gasteiger partial charge is 0.306 e. The van der Waals surface area contributed by atoms with Crippen molar-refractivity contribution in [2.45, 2.75) is 33.6 Å². The third-order valence-corrected chi connectivity index (χ3v) is 6.18. The summed E-state index contributed by atoms with van der Waals surface area (Å²) in [4.78, 5) is 31.0. The summed E-state index contributed by atoms with van der Waals surface area (Å²) in [5, 5.41) is 0. The van der Waals surface area contributed by atoms with Crippen LogP contribution in [0.15, 0.2) is 85.7 Å². The van der Waals surface area contributed by atoms with Crippen LogP contribution in [-0.4, -0.2) is 30.3 Å². The average Bonchev–Trinajstić information content (AvgIpc) is 3.32. The number of hydrogen-bond acceptors (Lipinski definition) is 5. The van der Waals surface area contributed by atoms with Gasteiger partial charge in [0, 0.05) is 54.4 Å². The van der Waals surface area contributed by atoms with Gasteiger partial charge >= 0.3 is 0 Å². The van der Waals surface area contributed by atoms with Crippen LogP contribution in [0.2, 0.25) is 0 Å². The molecule has 2 aromatic carbocycles. The molecule has 6 heteroatoms. The number of benzene rings is 2. The molecule has 0 unspecified atom stereocenters. The Morgan fingerprint density at radius 2 is 1.83 bits per heavy atom. The lowest BCUT2D eigenvalue weighted by Crippen LogP contribution is -2.07. The van der Waals surface area contributed by atoms with Crippen LogP contribution < -0.4 is 0 Å². The predicted molar refractivity (Wildman–Crippen MR) is 140 cm³/mol. The van der Waals surface area contributed by atoms with Gasteiger partial charge in [0.1, 0.15) is 5.82 Å². The molecule has 0 N–H and O–H groups in total. The SMILES string of the molecule is Cc1cc(CC(=O)c2ccc(C)c(Cc3nccc(-c4cccnc4)n3)c2)cc(-n2cnc(C)c2)c1. The Hall–Kier alpha value is -4.45. The minimum atomic E-state index is 0.0830. The number of carbonyl (C=O) groups is 1. The number of imidazole rings is 1. The maximum atomic E-state index is 13.3. The second-order valence-corrected chi connectivity index (χ2v) is 9.12. The Labute approximate surface area is 210 Å². The van der Waals surface area contributed by atoms with Gasteiger partial charge in [0.25, 0.3) is 0 Å². The van der Waals surface area contributed by atoms with Gasteiger partial charge in [0.05, 0.1) is 17.7 Å². The summed E-state index contributed by atoms with van der Waals surface area (Å²) < 4.78 is 1.99. The van der Waals surface area contributed by atoms with Crippen LogP contribution in [-0.2, 0) is 12.8 Å². The maximum Gasteiger partial charge on any atom is 0.167 e. The Bertz CT molecular complexity index is 1540. The van der Waals surface area contributed by atoms with E-state index in [1.165, 1.54) is 0 Å². The summed E-state index contributed by atoms with van der Waals surface area (Å²) in [7, 11) is 0. The first-order valence-electron chi connectivity index (χ1n) is 11.9. The van der Waals surface area contributed by atoms with E-state index in [0.717, 1.165) is 44.9 Å². The number of hydrogen-bond donors (Lipinski definition) is 0. The van der Waals surface area contributed by atoms with E-state index in [1.54, 1.807) is 24.9 Å². The zero-order chi connectivity index (χ0) is 25.1. The number of nitrogens with zero attached hydrogens (tertiary/aromatic N) is 5. The molecular formula is C30H27N5O. The van der Waals surface area contributed by atoms with E-state index in [9.17, 15) is 4.79 Å². The number of pyridine rings is 1. The van der Waals surface area contributed by atoms with Crippen molar-refractivity contribution in [3.63, 3.8) is 0 Å². The molecular weight excluding hydrogens is 446 g/mol. The molecule has 0 atom stereocenters. The highest BCUT2D eigenvalue weighted by molar-refractivity contribution is 5.97. The Balaban J connectivity index is 1.37. The van der Waals surface area contributed by atoms with Crippen molar-refractivity contribution in [1.82, 2.24) is 24.5 Å². The second-order valence-electron chi connectivity index (χ2n) is 9.12. The molecule has 0 aliphatic carbocycles. The minimum Gasteiger partial charge on any atom is -0.306 e. The first kappa shape index (κ1) is 23.3. The molecule has 0 bridgehead atoms. The predicted octanol–water partition coefficient (Wildman–Crippen LogP) is 5.67. The zero-order valence-corrected chi connectivity index (χ0v) is 20.6. The highest BCUT2D eigenvalue weighted by Crippen LogP contribution is 2.20.